The van der Waals surface area contributed by atoms with Crippen LogP contribution in [0, 0.1) is 0 Å². The first kappa shape index (κ1) is 15.7. The van der Waals surface area contributed by atoms with Crippen LogP contribution in [-0.4, -0.2) is 28.2 Å². The lowest BCUT2D eigenvalue weighted by molar-refractivity contribution is -0.141. The van der Waals surface area contributed by atoms with Gasteiger partial charge in [-0.05, 0) is 17.7 Å². The first-order valence-corrected chi connectivity index (χ1v) is 7.53. The van der Waals surface area contributed by atoms with Gasteiger partial charge in [-0.2, -0.15) is 0 Å². The van der Waals surface area contributed by atoms with Crippen LogP contribution in [0.15, 0.2) is 59.1 Å². The molecule has 1 heterocycles. The molecule has 0 bridgehead atoms. The Morgan fingerprint density at radius 1 is 1.08 bits per heavy atom. The Morgan fingerprint density at radius 2 is 1.79 bits per heavy atom. The quantitative estimate of drug-likeness (QED) is 0.725. The smallest absolute Gasteiger partial charge is 0.326 e. The highest BCUT2D eigenvalue weighted by Gasteiger charge is 2.21. The molecule has 1 amide bonds. The zero-order valence-electron chi connectivity index (χ0n) is 12.8. The van der Waals surface area contributed by atoms with Gasteiger partial charge in [-0.25, -0.2) is 4.79 Å². The van der Waals surface area contributed by atoms with E-state index < -0.39 is 17.9 Å². The third-order valence-corrected chi connectivity index (χ3v) is 3.70. The lowest BCUT2D eigenvalue weighted by Crippen LogP contribution is -2.43. The van der Waals surface area contributed by atoms with Gasteiger partial charge in [0.2, 0.25) is 5.91 Å². The van der Waals surface area contributed by atoms with E-state index in [2.05, 4.69) is 10.5 Å². The number of rotatable bonds is 6. The summed E-state index contributed by atoms with van der Waals surface area (Å²) in [5, 5.41) is 16.5. The highest BCUT2D eigenvalue weighted by molar-refractivity contribution is 5.88. The molecule has 0 spiro atoms. The first-order valence-electron chi connectivity index (χ1n) is 7.53. The molecule has 0 unspecified atom stereocenters. The number of aromatic nitrogens is 1. The van der Waals surface area contributed by atoms with Crippen molar-refractivity contribution < 1.29 is 19.2 Å². The number of aliphatic carboxylic acids is 1. The Kier molecular flexibility index (Phi) is 4.56. The lowest BCUT2D eigenvalue weighted by atomic mass is 10.1. The summed E-state index contributed by atoms with van der Waals surface area (Å²) in [6, 6.07) is 15.4. The van der Waals surface area contributed by atoms with Crippen LogP contribution in [0.3, 0.4) is 0 Å². The topological polar surface area (TPSA) is 92.4 Å². The maximum Gasteiger partial charge on any atom is 0.326 e. The molecule has 3 rings (SSSR count). The molecular weight excluding hydrogens is 308 g/mol. The third kappa shape index (κ3) is 3.60. The molecule has 0 saturated heterocycles. The van der Waals surface area contributed by atoms with E-state index in [0.29, 0.717) is 11.3 Å². The number of carbonyl (C=O) groups is 2. The number of fused-ring (bicyclic) bond motifs is 1. The molecule has 1 aromatic heterocycles. The fourth-order valence-corrected chi connectivity index (χ4v) is 2.51. The maximum absolute atomic E-state index is 12.2. The summed E-state index contributed by atoms with van der Waals surface area (Å²) in [4.78, 5) is 23.6. The van der Waals surface area contributed by atoms with Crippen LogP contribution in [-0.2, 0) is 22.4 Å². The van der Waals surface area contributed by atoms with Gasteiger partial charge >= 0.3 is 5.97 Å². The summed E-state index contributed by atoms with van der Waals surface area (Å²) >= 11 is 0. The van der Waals surface area contributed by atoms with E-state index >= 15 is 0 Å². The van der Waals surface area contributed by atoms with Crippen molar-refractivity contribution in [3.63, 3.8) is 0 Å². The predicted octanol–water partition coefficient (Wildman–Crippen LogP) is 2.18. The fourth-order valence-electron chi connectivity index (χ4n) is 2.51. The summed E-state index contributed by atoms with van der Waals surface area (Å²) < 4.78 is 5.15. The van der Waals surface area contributed by atoms with Gasteiger partial charge in [0.05, 0.1) is 6.42 Å². The van der Waals surface area contributed by atoms with Crippen molar-refractivity contribution in [1.29, 1.82) is 0 Å². The summed E-state index contributed by atoms with van der Waals surface area (Å²) in [6.07, 6.45) is 0.192. The number of carboxylic acid groups (broad SMARTS) is 1. The summed E-state index contributed by atoms with van der Waals surface area (Å²) in [5.41, 5.74) is 1.93. The summed E-state index contributed by atoms with van der Waals surface area (Å²) in [5.74, 6) is -1.48. The number of hydrogen-bond donors (Lipinski definition) is 2. The molecule has 2 aromatic carbocycles. The van der Waals surface area contributed by atoms with Crippen LogP contribution in [0.2, 0.25) is 0 Å². The van der Waals surface area contributed by atoms with Crippen molar-refractivity contribution in [2.45, 2.75) is 18.9 Å². The molecule has 0 fully saturated rings. The Balaban J connectivity index is 1.68. The van der Waals surface area contributed by atoms with E-state index in [0.717, 1.165) is 10.9 Å². The minimum atomic E-state index is -1.07. The molecule has 24 heavy (non-hydrogen) atoms. The molecule has 0 aliphatic rings. The average molecular weight is 324 g/mol. The van der Waals surface area contributed by atoms with Crippen LogP contribution >= 0.6 is 0 Å². The highest BCUT2D eigenvalue weighted by atomic mass is 16.5. The van der Waals surface area contributed by atoms with E-state index in [1.807, 2.05) is 48.5 Å². The molecule has 0 aliphatic heterocycles. The van der Waals surface area contributed by atoms with Crippen molar-refractivity contribution >= 4 is 22.8 Å². The number of nitrogens with zero attached hydrogens (tertiary/aromatic N) is 1. The number of para-hydroxylation sites is 1. The van der Waals surface area contributed by atoms with Crippen LogP contribution in [0.1, 0.15) is 11.3 Å². The van der Waals surface area contributed by atoms with Crippen LogP contribution in [0.5, 0.6) is 0 Å². The number of benzene rings is 2. The SMILES string of the molecule is O=C(Cc1noc2ccccc12)N[C@H](Cc1ccccc1)C(=O)O. The molecule has 0 saturated carbocycles. The Labute approximate surface area is 138 Å². The second-order valence-electron chi connectivity index (χ2n) is 5.45. The molecule has 3 aromatic rings. The standard InChI is InChI=1S/C18H16N2O4/c21-17(11-14-13-8-4-5-9-16(13)24-20-14)19-15(18(22)23)10-12-6-2-1-3-7-12/h1-9,15H,10-11H2,(H,19,21)(H,22,23)/t15-/m1/s1. The third-order valence-electron chi connectivity index (χ3n) is 3.70. The number of carboxylic acids is 1. The zero-order valence-corrected chi connectivity index (χ0v) is 12.8. The second kappa shape index (κ2) is 6.95. The van der Waals surface area contributed by atoms with E-state index in [1.54, 1.807) is 6.07 Å². The van der Waals surface area contributed by atoms with Gasteiger partial charge in [0.1, 0.15) is 11.7 Å². The molecule has 6 heteroatoms. The molecule has 6 nitrogen and oxygen atoms in total. The van der Waals surface area contributed by atoms with Gasteiger partial charge in [-0.3, -0.25) is 4.79 Å². The summed E-state index contributed by atoms with van der Waals surface area (Å²) in [7, 11) is 0. The van der Waals surface area contributed by atoms with E-state index in [4.69, 9.17) is 4.52 Å². The van der Waals surface area contributed by atoms with Crippen molar-refractivity contribution in [3.05, 3.63) is 65.9 Å². The highest BCUT2D eigenvalue weighted by Crippen LogP contribution is 2.18. The van der Waals surface area contributed by atoms with E-state index in [9.17, 15) is 14.7 Å². The average Bonchev–Trinajstić information content (AvgIpc) is 2.98. The zero-order chi connectivity index (χ0) is 16.9. The van der Waals surface area contributed by atoms with Gasteiger partial charge in [0, 0.05) is 11.8 Å². The van der Waals surface area contributed by atoms with E-state index in [-0.39, 0.29) is 12.8 Å². The number of nitrogens with one attached hydrogen (secondary N) is 1. The Hall–Kier alpha value is -3.15. The fraction of sp³-hybridized carbons (Fsp3) is 0.167. The first-order chi connectivity index (χ1) is 11.6. The normalized spacial score (nSPS) is 12.0. The molecular formula is C18H16N2O4. The lowest BCUT2D eigenvalue weighted by Gasteiger charge is -2.14. The van der Waals surface area contributed by atoms with Gasteiger partial charge in [-0.15, -0.1) is 0 Å². The van der Waals surface area contributed by atoms with Gasteiger partial charge in [0.25, 0.3) is 0 Å². The number of carbonyl (C=O) groups excluding carboxylic acids is 1. The van der Waals surface area contributed by atoms with Crippen molar-refractivity contribution in [3.8, 4) is 0 Å². The molecule has 0 aliphatic carbocycles. The molecule has 0 radical (unpaired) electrons. The van der Waals surface area contributed by atoms with Crippen molar-refractivity contribution in [2.24, 2.45) is 0 Å². The van der Waals surface area contributed by atoms with Crippen molar-refractivity contribution in [2.75, 3.05) is 0 Å². The van der Waals surface area contributed by atoms with Crippen LogP contribution < -0.4 is 5.32 Å². The Morgan fingerprint density at radius 3 is 2.54 bits per heavy atom. The van der Waals surface area contributed by atoms with Crippen LogP contribution in [0.25, 0.3) is 11.0 Å². The predicted molar refractivity (Wildman–Crippen MR) is 87.4 cm³/mol. The number of hydrogen-bond acceptors (Lipinski definition) is 4. The van der Waals surface area contributed by atoms with E-state index in [1.165, 1.54) is 0 Å². The monoisotopic (exact) mass is 324 g/mol. The minimum Gasteiger partial charge on any atom is -0.480 e. The van der Waals surface area contributed by atoms with Gasteiger partial charge in [-0.1, -0.05) is 47.6 Å². The second-order valence-corrected chi connectivity index (χ2v) is 5.45. The Bertz CT molecular complexity index is 858. The summed E-state index contributed by atoms with van der Waals surface area (Å²) in [6.45, 7) is 0. The minimum absolute atomic E-state index is 0.0322. The van der Waals surface area contributed by atoms with Crippen LogP contribution in [0.4, 0.5) is 0 Å². The van der Waals surface area contributed by atoms with Crippen molar-refractivity contribution in [1.82, 2.24) is 10.5 Å². The molecule has 1 atom stereocenters. The largest absolute Gasteiger partial charge is 0.480 e. The van der Waals surface area contributed by atoms with Gasteiger partial charge < -0.3 is 14.9 Å². The maximum atomic E-state index is 12.2. The number of amides is 1. The van der Waals surface area contributed by atoms with Gasteiger partial charge in [0.15, 0.2) is 5.58 Å². The molecule has 2 N–H and O–H groups in total. The molecule has 122 valence electrons.